The lowest BCUT2D eigenvalue weighted by atomic mass is 10.0. The van der Waals surface area contributed by atoms with Gasteiger partial charge in [-0.1, -0.05) is 13.8 Å². The summed E-state index contributed by atoms with van der Waals surface area (Å²) < 4.78 is 6.31. The Morgan fingerprint density at radius 1 is 1.42 bits per heavy atom. The summed E-state index contributed by atoms with van der Waals surface area (Å²) in [6, 6.07) is 1.28. The maximum atomic E-state index is 12.9. The molecule has 1 aliphatic carbocycles. The van der Waals surface area contributed by atoms with Crippen LogP contribution in [0, 0.1) is 5.92 Å². The van der Waals surface area contributed by atoms with E-state index in [0.29, 0.717) is 12.3 Å². The lowest BCUT2D eigenvalue weighted by Gasteiger charge is -2.20. The molecule has 0 aromatic carbocycles. The molecule has 0 spiro atoms. The fourth-order valence-corrected chi connectivity index (χ4v) is 2.82. The van der Waals surface area contributed by atoms with Gasteiger partial charge in [0, 0.05) is 18.5 Å². The fraction of sp³-hybridized carbons (Fsp3) is 0.722. The summed E-state index contributed by atoms with van der Waals surface area (Å²) in [4.78, 5) is 27.2. The van der Waals surface area contributed by atoms with Crippen molar-refractivity contribution in [2.75, 3.05) is 27.7 Å². The van der Waals surface area contributed by atoms with Crippen molar-refractivity contribution in [3.05, 3.63) is 27.7 Å². The maximum Gasteiger partial charge on any atom is 0.330 e. The van der Waals surface area contributed by atoms with Gasteiger partial charge in [0.1, 0.15) is 0 Å². The van der Waals surface area contributed by atoms with Crippen LogP contribution in [-0.2, 0) is 16.0 Å². The Kier molecular flexibility index (Phi) is 6.15. The zero-order valence-corrected chi connectivity index (χ0v) is 15.4. The number of ether oxygens (including phenoxy) is 1. The van der Waals surface area contributed by atoms with Gasteiger partial charge in [0.2, 0.25) is 0 Å². The molecule has 134 valence electrons. The summed E-state index contributed by atoms with van der Waals surface area (Å²) in [5.74, 6) is 0.185. The van der Waals surface area contributed by atoms with E-state index in [1.807, 2.05) is 34.0 Å². The number of aromatic nitrogens is 2. The van der Waals surface area contributed by atoms with E-state index in [2.05, 4.69) is 10.00 Å². The number of likely N-dealkylation sites (N-methyl/N-ethyl adjacent to an activating group) is 1. The molecule has 0 bridgehead atoms. The standard InChI is InChI=1S/C18H29N3O3/c1-12(2)10-16(18(23)24-5)21-17(22)15(13-6-7-13)11-14(19-21)8-9-20(3)4/h11-13,16H,6-10H2,1-5H3/t16-/m0/s1. The smallest absolute Gasteiger partial charge is 0.330 e. The van der Waals surface area contributed by atoms with Crippen LogP contribution in [0.2, 0.25) is 0 Å². The van der Waals surface area contributed by atoms with Crippen LogP contribution in [0.15, 0.2) is 10.9 Å². The zero-order chi connectivity index (χ0) is 17.9. The number of nitrogens with zero attached hydrogens (tertiary/aromatic N) is 3. The Morgan fingerprint density at radius 2 is 2.08 bits per heavy atom. The van der Waals surface area contributed by atoms with Crippen molar-refractivity contribution in [1.29, 1.82) is 0 Å². The first kappa shape index (κ1) is 18.6. The average molecular weight is 335 g/mol. The number of methoxy groups -OCH3 is 1. The minimum Gasteiger partial charge on any atom is -0.467 e. The zero-order valence-electron chi connectivity index (χ0n) is 15.4. The van der Waals surface area contributed by atoms with Crippen LogP contribution in [0.3, 0.4) is 0 Å². The summed E-state index contributed by atoms with van der Waals surface area (Å²) >= 11 is 0. The summed E-state index contributed by atoms with van der Waals surface area (Å²) in [5.41, 5.74) is 1.53. The van der Waals surface area contributed by atoms with Crippen molar-refractivity contribution >= 4 is 5.97 Å². The third kappa shape index (κ3) is 4.66. The van der Waals surface area contributed by atoms with Crippen LogP contribution in [-0.4, -0.2) is 48.4 Å². The van der Waals surface area contributed by atoms with Gasteiger partial charge in [-0.05, 0) is 51.3 Å². The number of carbonyl (C=O) groups excluding carboxylic acids is 1. The molecule has 1 fully saturated rings. The van der Waals surface area contributed by atoms with E-state index in [-0.39, 0.29) is 11.5 Å². The van der Waals surface area contributed by atoms with E-state index in [9.17, 15) is 9.59 Å². The third-order valence-electron chi connectivity index (χ3n) is 4.31. The molecule has 0 unspecified atom stereocenters. The molecule has 0 radical (unpaired) electrons. The average Bonchev–Trinajstić information content (AvgIpc) is 3.35. The highest BCUT2D eigenvalue weighted by atomic mass is 16.5. The minimum absolute atomic E-state index is 0.137. The minimum atomic E-state index is -0.653. The molecular formula is C18H29N3O3. The number of rotatable bonds is 8. The topological polar surface area (TPSA) is 64.4 Å². The lowest BCUT2D eigenvalue weighted by Crippen LogP contribution is -2.36. The molecule has 1 heterocycles. The normalized spacial score (nSPS) is 15.8. The van der Waals surface area contributed by atoms with E-state index < -0.39 is 12.0 Å². The van der Waals surface area contributed by atoms with Crippen LogP contribution in [0.1, 0.15) is 56.3 Å². The summed E-state index contributed by atoms with van der Waals surface area (Å²) in [5, 5.41) is 4.51. The molecule has 0 N–H and O–H groups in total. The highest BCUT2D eigenvalue weighted by Gasteiger charge is 2.31. The molecule has 1 aromatic heterocycles. The van der Waals surface area contributed by atoms with Gasteiger partial charge < -0.3 is 9.64 Å². The number of hydrogen-bond donors (Lipinski definition) is 0. The van der Waals surface area contributed by atoms with E-state index in [1.54, 1.807) is 0 Å². The molecule has 1 aromatic rings. The molecule has 2 rings (SSSR count). The van der Waals surface area contributed by atoms with Crippen LogP contribution in [0.25, 0.3) is 0 Å². The van der Waals surface area contributed by atoms with Gasteiger partial charge >= 0.3 is 5.97 Å². The van der Waals surface area contributed by atoms with Gasteiger partial charge in [-0.3, -0.25) is 4.79 Å². The molecule has 6 heteroatoms. The van der Waals surface area contributed by atoms with Crippen LogP contribution in [0.4, 0.5) is 0 Å². The molecule has 1 aliphatic rings. The molecule has 6 nitrogen and oxygen atoms in total. The monoisotopic (exact) mass is 335 g/mol. The summed E-state index contributed by atoms with van der Waals surface area (Å²) in [6.07, 6.45) is 3.38. The van der Waals surface area contributed by atoms with Crippen LogP contribution >= 0.6 is 0 Å². The van der Waals surface area contributed by atoms with Gasteiger partial charge in [0.25, 0.3) is 5.56 Å². The van der Waals surface area contributed by atoms with Crippen molar-refractivity contribution in [2.45, 2.75) is 51.5 Å². The number of carbonyl (C=O) groups is 1. The molecule has 1 atom stereocenters. The number of esters is 1. The lowest BCUT2D eigenvalue weighted by molar-refractivity contribution is -0.145. The Labute approximate surface area is 143 Å². The fourth-order valence-electron chi connectivity index (χ4n) is 2.82. The van der Waals surface area contributed by atoms with Gasteiger partial charge in [-0.2, -0.15) is 5.10 Å². The van der Waals surface area contributed by atoms with Gasteiger partial charge in [-0.25, -0.2) is 9.48 Å². The largest absolute Gasteiger partial charge is 0.467 e. The van der Waals surface area contributed by atoms with Crippen LogP contribution < -0.4 is 5.56 Å². The molecule has 1 saturated carbocycles. The molecule has 24 heavy (non-hydrogen) atoms. The Balaban J connectivity index is 2.44. The maximum absolute atomic E-state index is 12.9. The Hall–Kier alpha value is -1.69. The van der Waals surface area contributed by atoms with Gasteiger partial charge in [-0.15, -0.1) is 0 Å². The van der Waals surface area contributed by atoms with Crippen molar-refractivity contribution in [3.8, 4) is 0 Å². The first-order chi connectivity index (χ1) is 11.3. The first-order valence-electron chi connectivity index (χ1n) is 8.68. The molecule has 0 aliphatic heterocycles. The van der Waals surface area contributed by atoms with E-state index in [4.69, 9.17) is 4.74 Å². The van der Waals surface area contributed by atoms with Crippen molar-refractivity contribution < 1.29 is 9.53 Å². The highest BCUT2D eigenvalue weighted by molar-refractivity contribution is 5.73. The van der Waals surface area contributed by atoms with Crippen molar-refractivity contribution in [1.82, 2.24) is 14.7 Å². The first-order valence-corrected chi connectivity index (χ1v) is 8.68. The predicted molar refractivity (Wildman–Crippen MR) is 93.2 cm³/mol. The molecular weight excluding hydrogens is 306 g/mol. The Morgan fingerprint density at radius 3 is 2.58 bits per heavy atom. The second-order valence-corrected chi connectivity index (χ2v) is 7.34. The number of hydrogen-bond acceptors (Lipinski definition) is 5. The summed E-state index contributed by atoms with van der Waals surface area (Å²) in [6.45, 7) is 4.90. The summed E-state index contributed by atoms with van der Waals surface area (Å²) in [7, 11) is 5.38. The van der Waals surface area contributed by atoms with E-state index >= 15 is 0 Å². The van der Waals surface area contributed by atoms with Crippen molar-refractivity contribution in [3.63, 3.8) is 0 Å². The quantitative estimate of drug-likeness (QED) is 0.680. The SMILES string of the molecule is COC(=O)[C@H](CC(C)C)n1nc(CCN(C)C)cc(C2CC2)c1=O. The van der Waals surface area contributed by atoms with Crippen LogP contribution in [0.5, 0.6) is 0 Å². The second kappa shape index (κ2) is 7.92. The molecule has 0 amide bonds. The van der Waals surface area contributed by atoms with E-state index in [0.717, 1.165) is 37.1 Å². The highest BCUT2D eigenvalue weighted by Crippen LogP contribution is 2.38. The Bertz CT molecular complexity index is 633. The second-order valence-electron chi connectivity index (χ2n) is 7.34. The molecule has 0 saturated heterocycles. The predicted octanol–water partition coefficient (Wildman–Crippen LogP) is 1.98. The van der Waals surface area contributed by atoms with E-state index in [1.165, 1.54) is 11.8 Å². The van der Waals surface area contributed by atoms with Crippen molar-refractivity contribution in [2.24, 2.45) is 5.92 Å². The third-order valence-corrected chi connectivity index (χ3v) is 4.31. The van der Waals surface area contributed by atoms with Gasteiger partial charge in [0.05, 0.1) is 12.8 Å². The van der Waals surface area contributed by atoms with Gasteiger partial charge in [0.15, 0.2) is 6.04 Å².